The summed E-state index contributed by atoms with van der Waals surface area (Å²) in [5, 5.41) is 1.41. The number of rotatable bonds is 5. The summed E-state index contributed by atoms with van der Waals surface area (Å²) in [5.74, 6) is 0.167. The molecule has 0 unspecified atom stereocenters. The third-order valence-electron chi connectivity index (χ3n) is 2.55. The quantitative estimate of drug-likeness (QED) is 0.560. The van der Waals surface area contributed by atoms with E-state index in [1.165, 1.54) is 0 Å². The van der Waals surface area contributed by atoms with Gasteiger partial charge in [0.1, 0.15) is 5.52 Å². The standard InChI is InChI=1S/C14H13ClINO3/c1-2-6-19-12(18)8-20-14-11(16)7-10(15)9-4-3-5-17-13(9)14/h3-5,7H,2,6,8H2,1H3. The van der Waals surface area contributed by atoms with Crippen LogP contribution >= 0.6 is 34.2 Å². The van der Waals surface area contributed by atoms with Gasteiger partial charge in [-0.2, -0.15) is 0 Å². The number of hydrogen-bond donors (Lipinski definition) is 0. The fourth-order valence-corrected chi connectivity index (χ4v) is 2.84. The second-order valence-electron chi connectivity index (χ2n) is 4.08. The molecule has 2 aromatic rings. The third-order valence-corrected chi connectivity index (χ3v) is 3.67. The molecule has 0 saturated heterocycles. The van der Waals surface area contributed by atoms with Crippen LogP contribution < -0.4 is 4.74 Å². The molecule has 0 radical (unpaired) electrons. The molecule has 2 rings (SSSR count). The van der Waals surface area contributed by atoms with Crippen molar-refractivity contribution in [2.45, 2.75) is 13.3 Å². The first-order valence-corrected chi connectivity index (χ1v) is 7.60. The lowest BCUT2D eigenvalue weighted by molar-refractivity contribution is -0.146. The molecular formula is C14H13ClINO3. The minimum atomic E-state index is -0.387. The number of carbonyl (C=O) groups is 1. The summed E-state index contributed by atoms with van der Waals surface area (Å²) in [6.07, 6.45) is 2.45. The van der Waals surface area contributed by atoms with Crippen LogP contribution in [0.3, 0.4) is 0 Å². The van der Waals surface area contributed by atoms with Crippen LogP contribution in [0.25, 0.3) is 10.9 Å². The van der Waals surface area contributed by atoms with Crippen LogP contribution in [0.1, 0.15) is 13.3 Å². The van der Waals surface area contributed by atoms with Crippen molar-refractivity contribution >= 4 is 51.1 Å². The molecule has 6 heteroatoms. The number of carbonyl (C=O) groups excluding carboxylic acids is 1. The third kappa shape index (κ3) is 3.52. The van der Waals surface area contributed by atoms with Crippen LogP contribution in [0.4, 0.5) is 0 Å². The molecule has 0 N–H and O–H groups in total. The van der Waals surface area contributed by atoms with Crippen molar-refractivity contribution in [2.75, 3.05) is 13.2 Å². The van der Waals surface area contributed by atoms with Gasteiger partial charge in [0.15, 0.2) is 12.4 Å². The zero-order valence-electron chi connectivity index (χ0n) is 10.9. The van der Waals surface area contributed by atoms with Crippen molar-refractivity contribution in [3.63, 3.8) is 0 Å². The molecule has 0 saturated carbocycles. The molecular weight excluding hydrogens is 393 g/mol. The number of nitrogens with zero attached hydrogens (tertiary/aromatic N) is 1. The van der Waals surface area contributed by atoms with Gasteiger partial charge in [0.25, 0.3) is 0 Å². The van der Waals surface area contributed by atoms with Crippen LogP contribution in [0.15, 0.2) is 24.4 Å². The summed E-state index contributed by atoms with van der Waals surface area (Å²) in [4.78, 5) is 15.8. The lowest BCUT2D eigenvalue weighted by Crippen LogP contribution is -2.16. The zero-order chi connectivity index (χ0) is 14.5. The Kier molecular flexibility index (Phi) is 5.42. The van der Waals surface area contributed by atoms with Gasteiger partial charge in [0.05, 0.1) is 15.2 Å². The van der Waals surface area contributed by atoms with Gasteiger partial charge in [0.2, 0.25) is 0 Å². The highest BCUT2D eigenvalue weighted by atomic mass is 127. The monoisotopic (exact) mass is 405 g/mol. The molecule has 0 aliphatic heterocycles. The number of benzene rings is 1. The zero-order valence-corrected chi connectivity index (χ0v) is 13.8. The molecule has 1 aromatic heterocycles. The number of fused-ring (bicyclic) bond motifs is 1. The lowest BCUT2D eigenvalue weighted by Gasteiger charge is -2.11. The summed E-state index contributed by atoms with van der Waals surface area (Å²) in [6.45, 7) is 2.20. The van der Waals surface area contributed by atoms with E-state index in [2.05, 4.69) is 27.6 Å². The topological polar surface area (TPSA) is 48.4 Å². The Balaban J connectivity index is 2.23. The Bertz CT molecular complexity index is 633. The summed E-state index contributed by atoms with van der Waals surface area (Å²) in [6, 6.07) is 5.46. The van der Waals surface area contributed by atoms with E-state index in [4.69, 9.17) is 21.1 Å². The highest BCUT2D eigenvalue weighted by Gasteiger charge is 2.13. The SMILES string of the molecule is CCCOC(=O)COc1c(I)cc(Cl)c2cccnc12. The maximum atomic E-state index is 11.5. The highest BCUT2D eigenvalue weighted by molar-refractivity contribution is 14.1. The van der Waals surface area contributed by atoms with Crippen molar-refractivity contribution < 1.29 is 14.3 Å². The molecule has 1 aromatic carbocycles. The molecule has 0 bridgehead atoms. The fourth-order valence-electron chi connectivity index (χ4n) is 1.67. The van der Waals surface area contributed by atoms with Crippen LogP contribution in [-0.2, 0) is 9.53 Å². The van der Waals surface area contributed by atoms with E-state index >= 15 is 0 Å². The number of halogens is 2. The number of aromatic nitrogens is 1. The normalized spacial score (nSPS) is 10.6. The first-order chi connectivity index (χ1) is 9.63. The first kappa shape index (κ1) is 15.3. The number of pyridine rings is 1. The molecule has 106 valence electrons. The van der Waals surface area contributed by atoms with E-state index in [1.54, 1.807) is 18.3 Å². The molecule has 0 amide bonds. The largest absolute Gasteiger partial charge is 0.478 e. The van der Waals surface area contributed by atoms with E-state index in [9.17, 15) is 4.79 Å². The second kappa shape index (κ2) is 7.08. The van der Waals surface area contributed by atoms with Gasteiger partial charge in [-0.05, 0) is 47.2 Å². The van der Waals surface area contributed by atoms with Crippen LogP contribution in [-0.4, -0.2) is 24.2 Å². The minimum Gasteiger partial charge on any atom is -0.478 e. The molecule has 4 nitrogen and oxygen atoms in total. The maximum Gasteiger partial charge on any atom is 0.344 e. The molecule has 20 heavy (non-hydrogen) atoms. The number of esters is 1. The molecule has 1 heterocycles. The van der Waals surface area contributed by atoms with E-state index in [0.717, 1.165) is 15.4 Å². The number of hydrogen-bond acceptors (Lipinski definition) is 4. The van der Waals surface area contributed by atoms with Gasteiger partial charge in [0, 0.05) is 11.6 Å². The predicted molar refractivity (Wildman–Crippen MR) is 86.2 cm³/mol. The van der Waals surface area contributed by atoms with Crippen molar-refractivity contribution in [2.24, 2.45) is 0 Å². The van der Waals surface area contributed by atoms with Gasteiger partial charge in [-0.1, -0.05) is 18.5 Å². The fraction of sp³-hybridized carbons (Fsp3) is 0.286. The Morgan fingerprint density at radius 3 is 3.05 bits per heavy atom. The molecule has 0 spiro atoms. The summed E-state index contributed by atoms with van der Waals surface area (Å²) in [7, 11) is 0. The van der Waals surface area contributed by atoms with Crippen LogP contribution in [0, 0.1) is 3.57 Å². The summed E-state index contributed by atoms with van der Waals surface area (Å²) < 4.78 is 11.3. The van der Waals surface area contributed by atoms with E-state index in [0.29, 0.717) is 22.9 Å². The van der Waals surface area contributed by atoms with Gasteiger partial charge >= 0.3 is 5.97 Å². The lowest BCUT2D eigenvalue weighted by atomic mass is 10.2. The molecule has 0 fully saturated rings. The molecule has 0 atom stereocenters. The van der Waals surface area contributed by atoms with Gasteiger partial charge < -0.3 is 9.47 Å². The Labute approximate surface area is 135 Å². The van der Waals surface area contributed by atoms with E-state index in [-0.39, 0.29) is 12.6 Å². The molecule has 0 aliphatic rings. The molecule has 0 aliphatic carbocycles. The van der Waals surface area contributed by atoms with Crippen LogP contribution in [0.2, 0.25) is 5.02 Å². The Morgan fingerprint density at radius 2 is 2.30 bits per heavy atom. The summed E-state index contributed by atoms with van der Waals surface area (Å²) >= 11 is 8.28. The Hall–Kier alpha value is -1.08. The highest BCUT2D eigenvalue weighted by Crippen LogP contribution is 2.34. The van der Waals surface area contributed by atoms with E-state index in [1.807, 2.05) is 13.0 Å². The van der Waals surface area contributed by atoms with Crippen LogP contribution in [0.5, 0.6) is 5.75 Å². The predicted octanol–water partition coefficient (Wildman–Crippen LogP) is 3.82. The minimum absolute atomic E-state index is 0.136. The smallest absolute Gasteiger partial charge is 0.344 e. The average Bonchev–Trinajstić information content (AvgIpc) is 2.45. The van der Waals surface area contributed by atoms with Gasteiger partial charge in [-0.15, -0.1) is 0 Å². The second-order valence-corrected chi connectivity index (χ2v) is 5.65. The first-order valence-electron chi connectivity index (χ1n) is 6.14. The van der Waals surface area contributed by atoms with E-state index < -0.39 is 0 Å². The van der Waals surface area contributed by atoms with Crippen molar-refractivity contribution in [1.82, 2.24) is 4.98 Å². The summed E-state index contributed by atoms with van der Waals surface area (Å²) in [5.41, 5.74) is 0.646. The van der Waals surface area contributed by atoms with Gasteiger partial charge in [-0.3, -0.25) is 4.98 Å². The van der Waals surface area contributed by atoms with Crippen molar-refractivity contribution in [1.29, 1.82) is 0 Å². The number of ether oxygens (including phenoxy) is 2. The van der Waals surface area contributed by atoms with Crippen molar-refractivity contribution in [3.05, 3.63) is 33.0 Å². The average molecular weight is 406 g/mol. The van der Waals surface area contributed by atoms with Crippen molar-refractivity contribution in [3.8, 4) is 5.75 Å². The Morgan fingerprint density at radius 1 is 1.50 bits per heavy atom. The maximum absolute atomic E-state index is 11.5. The van der Waals surface area contributed by atoms with Gasteiger partial charge in [-0.25, -0.2) is 4.79 Å².